The summed E-state index contributed by atoms with van der Waals surface area (Å²) in [6.45, 7) is 2.02. The average Bonchev–Trinajstić information content (AvgIpc) is 2.26. The van der Waals surface area contributed by atoms with E-state index < -0.39 is 10.8 Å². The zero-order valence-corrected chi connectivity index (χ0v) is 11.9. The highest BCUT2D eigenvalue weighted by Gasteiger charge is 2.13. The van der Waals surface area contributed by atoms with Crippen LogP contribution in [0.5, 0.6) is 0 Å². The second-order valence-electron chi connectivity index (χ2n) is 3.69. The topological polar surface area (TPSA) is 34.1 Å². The Morgan fingerprint density at radius 2 is 2.06 bits per heavy atom. The van der Waals surface area contributed by atoms with Gasteiger partial charge >= 0.3 is 0 Å². The third-order valence-electron chi connectivity index (χ3n) is 2.25. The van der Waals surface area contributed by atoms with E-state index in [1.54, 1.807) is 12.1 Å². The number of carbonyl (C=O) groups excluding carboxylic acids is 1. The maximum Gasteiger partial charge on any atom is 0.176 e. The average molecular weight is 293 g/mol. The van der Waals surface area contributed by atoms with Crippen molar-refractivity contribution in [2.24, 2.45) is 0 Å². The van der Waals surface area contributed by atoms with Crippen LogP contribution in [0.15, 0.2) is 18.2 Å². The standard InChI is InChI=1S/C12H14Cl2O2S/c1-2-3-6-17(16)8-12(15)10-5-4-9(13)7-11(10)14/h4-5,7H,2-3,6,8H2,1H3. The van der Waals surface area contributed by atoms with Gasteiger partial charge in [0.05, 0.1) is 10.8 Å². The number of carbonyl (C=O) groups is 1. The second kappa shape index (κ2) is 7.14. The van der Waals surface area contributed by atoms with Crippen molar-refractivity contribution in [1.82, 2.24) is 0 Å². The Hall–Kier alpha value is -0.380. The summed E-state index contributed by atoms with van der Waals surface area (Å²) in [4.78, 5) is 11.8. The van der Waals surface area contributed by atoms with Crippen LogP contribution in [0.3, 0.4) is 0 Å². The van der Waals surface area contributed by atoms with Crippen LogP contribution in [0.1, 0.15) is 30.1 Å². The number of halogens is 2. The van der Waals surface area contributed by atoms with Gasteiger partial charge in [-0.05, 0) is 24.6 Å². The first-order valence-corrected chi connectivity index (χ1v) is 7.62. The molecule has 1 unspecified atom stereocenters. The molecule has 1 aromatic rings. The summed E-state index contributed by atoms with van der Waals surface area (Å²) < 4.78 is 11.6. The van der Waals surface area contributed by atoms with Gasteiger partial charge in [-0.1, -0.05) is 36.5 Å². The molecule has 5 heteroatoms. The Morgan fingerprint density at radius 3 is 2.65 bits per heavy atom. The summed E-state index contributed by atoms with van der Waals surface area (Å²) in [6, 6.07) is 4.70. The first-order chi connectivity index (χ1) is 8.04. The highest BCUT2D eigenvalue weighted by atomic mass is 35.5. The van der Waals surface area contributed by atoms with E-state index in [0.29, 0.717) is 21.4 Å². The predicted octanol–water partition coefficient (Wildman–Crippen LogP) is 3.72. The summed E-state index contributed by atoms with van der Waals surface area (Å²) in [7, 11) is -1.11. The first kappa shape index (κ1) is 14.7. The SMILES string of the molecule is CCCCS(=O)CC(=O)c1ccc(Cl)cc1Cl. The molecule has 0 fully saturated rings. The molecule has 1 atom stereocenters. The Morgan fingerprint density at radius 1 is 1.35 bits per heavy atom. The molecule has 0 aliphatic carbocycles. The molecule has 0 N–H and O–H groups in total. The minimum absolute atomic E-state index is 0.0291. The fourth-order valence-electron chi connectivity index (χ4n) is 1.32. The molecule has 0 bridgehead atoms. The fourth-order valence-corrected chi connectivity index (χ4v) is 3.03. The summed E-state index contributed by atoms with van der Waals surface area (Å²) in [5.74, 6) is 0.399. The molecule has 1 rings (SSSR count). The molecule has 0 aliphatic heterocycles. The van der Waals surface area contributed by atoms with Crippen molar-refractivity contribution >= 4 is 39.8 Å². The van der Waals surface area contributed by atoms with Crippen LogP contribution in [0, 0.1) is 0 Å². The highest BCUT2D eigenvalue weighted by molar-refractivity contribution is 7.85. The van der Waals surface area contributed by atoms with Crippen molar-refractivity contribution < 1.29 is 9.00 Å². The molecule has 0 radical (unpaired) electrons. The quantitative estimate of drug-likeness (QED) is 0.749. The number of hydrogen-bond acceptors (Lipinski definition) is 2. The van der Waals surface area contributed by atoms with Crippen molar-refractivity contribution in [1.29, 1.82) is 0 Å². The van der Waals surface area contributed by atoms with E-state index in [2.05, 4.69) is 0 Å². The zero-order chi connectivity index (χ0) is 12.8. The molecule has 1 aromatic carbocycles. The van der Waals surface area contributed by atoms with Crippen molar-refractivity contribution in [2.45, 2.75) is 19.8 Å². The molecular weight excluding hydrogens is 279 g/mol. The number of hydrogen-bond donors (Lipinski definition) is 0. The largest absolute Gasteiger partial charge is 0.293 e. The van der Waals surface area contributed by atoms with E-state index in [1.807, 2.05) is 6.92 Å². The Bertz CT molecular complexity index is 433. The van der Waals surface area contributed by atoms with Crippen LogP contribution in [0.25, 0.3) is 0 Å². The van der Waals surface area contributed by atoms with Crippen molar-refractivity contribution in [3.8, 4) is 0 Å². The summed E-state index contributed by atoms with van der Waals surface area (Å²) in [5, 5.41) is 0.800. The van der Waals surface area contributed by atoms with Crippen LogP contribution in [0.2, 0.25) is 10.0 Å². The lowest BCUT2D eigenvalue weighted by Gasteiger charge is -2.04. The van der Waals surface area contributed by atoms with Crippen molar-refractivity contribution in [3.05, 3.63) is 33.8 Å². The van der Waals surface area contributed by atoms with Gasteiger partial charge in [-0.3, -0.25) is 9.00 Å². The lowest BCUT2D eigenvalue weighted by Crippen LogP contribution is -2.13. The molecule has 0 aliphatic rings. The van der Waals surface area contributed by atoms with Crippen LogP contribution < -0.4 is 0 Å². The van der Waals surface area contributed by atoms with Gasteiger partial charge in [0.2, 0.25) is 0 Å². The maximum absolute atomic E-state index is 11.8. The zero-order valence-electron chi connectivity index (χ0n) is 9.54. The smallest absolute Gasteiger partial charge is 0.176 e. The van der Waals surface area contributed by atoms with Crippen LogP contribution in [-0.2, 0) is 10.8 Å². The summed E-state index contributed by atoms with van der Waals surface area (Å²) in [6.07, 6.45) is 1.84. The minimum Gasteiger partial charge on any atom is -0.293 e. The van der Waals surface area contributed by atoms with Gasteiger partial charge in [0.1, 0.15) is 0 Å². The number of rotatable bonds is 6. The molecule has 0 heterocycles. The van der Waals surface area contributed by atoms with Crippen LogP contribution in [0.4, 0.5) is 0 Å². The number of Topliss-reactive ketones (excluding diaryl/α,β-unsaturated/α-hetero) is 1. The third kappa shape index (κ3) is 4.78. The number of ketones is 1. The van der Waals surface area contributed by atoms with Gasteiger partial charge in [-0.2, -0.15) is 0 Å². The van der Waals surface area contributed by atoms with Gasteiger partial charge in [0.25, 0.3) is 0 Å². The van der Waals surface area contributed by atoms with E-state index in [0.717, 1.165) is 12.8 Å². The van der Waals surface area contributed by atoms with Crippen LogP contribution in [-0.4, -0.2) is 21.5 Å². The maximum atomic E-state index is 11.8. The fraction of sp³-hybridized carbons (Fsp3) is 0.417. The molecule has 0 saturated carbocycles. The molecule has 0 amide bonds. The lowest BCUT2D eigenvalue weighted by atomic mass is 10.1. The molecule has 0 saturated heterocycles. The summed E-state index contributed by atoms with van der Waals surface area (Å²) in [5.41, 5.74) is 0.390. The van der Waals surface area contributed by atoms with Gasteiger partial charge < -0.3 is 0 Å². The third-order valence-corrected chi connectivity index (χ3v) is 4.13. The normalized spacial score (nSPS) is 12.4. The van der Waals surface area contributed by atoms with E-state index >= 15 is 0 Å². The Kier molecular flexibility index (Phi) is 6.17. The predicted molar refractivity (Wildman–Crippen MR) is 73.6 cm³/mol. The van der Waals surface area contributed by atoms with E-state index in [9.17, 15) is 9.00 Å². The number of unbranched alkanes of at least 4 members (excludes halogenated alkanes) is 1. The Labute approximate surface area is 114 Å². The van der Waals surface area contributed by atoms with Gasteiger partial charge in [0.15, 0.2) is 5.78 Å². The molecule has 0 aromatic heterocycles. The molecule has 0 spiro atoms. The molecular formula is C12H14Cl2O2S. The Balaban J connectivity index is 2.67. The van der Waals surface area contributed by atoms with E-state index in [-0.39, 0.29) is 11.5 Å². The molecule has 17 heavy (non-hydrogen) atoms. The highest BCUT2D eigenvalue weighted by Crippen LogP contribution is 2.21. The van der Waals surface area contributed by atoms with Gasteiger partial charge in [-0.15, -0.1) is 0 Å². The van der Waals surface area contributed by atoms with Crippen molar-refractivity contribution in [2.75, 3.05) is 11.5 Å². The van der Waals surface area contributed by atoms with E-state index in [4.69, 9.17) is 23.2 Å². The lowest BCUT2D eigenvalue weighted by molar-refractivity contribution is 0.102. The van der Waals surface area contributed by atoms with Crippen molar-refractivity contribution in [3.63, 3.8) is 0 Å². The van der Waals surface area contributed by atoms with Crippen LogP contribution >= 0.6 is 23.2 Å². The minimum atomic E-state index is -1.11. The number of benzene rings is 1. The molecule has 94 valence electrons. The summed E-state index contributed by atoms with van der Waals surface area (Å²) >= 11 is 11.6. The van der Waals surface area contributed by atoms with Gasteiger partial charge in [-0.25, -0.2) is 0 Å². The van der Waals surface area contributed by atoms with Gasteiger partial charge in [0, 0.05) is 27.1 Å². The monoisotopic (exact) mass is 292 g/mol. The van der Waals surface area contributed by atoms with E-state index in [1.165, 1.54) is 6.07 Å². The first-order valence-electron chi connectivity index (χ1n) is 5.37. The second-order valence-corrected chi connectivity index (χ2v) is 6.11. The molecule has 2 nitrogen and oxygen atoms in total.